The molecule has 3 aromatic rings. The zero-order chi connectivity index (χ0) is 21.5. The number of sulfone groups is 1. The van der Waals surface area contributed by atoms with E-state index in [1.807, 2.05) is 0 Å². The van der Waals surface area contributed by atoms with Gasteiger partial charge in [0.1, 0.15) is 16.4 Å². The third kappa shape index (κ3) is 3.41. The third-order valence-corrected chi connectivity index (χ3v) is 6.71. The van der Waals surface area contributed by atoms with Gasteiger partial charge in [0.05, 0.1) is 37.7 Å². The number of hydrogen-bond donors (Lipinski definition) is 1. The molecule has 0 unspecified atom stereocenters. The van der Waals surface area contributed by atoms with Gasteiger partial charge in [0.2, 0.25) is 15.3 Å². The fraction of sp³-hybridized carbons (Fsp3) is 0.238. The number of benzene rings is 1. The fourth-order valence-corrected chi connectivity index (χ4v) is 4.61. The molecule has 2 heterocycles. The summed E-state index contributed by atoms with van der Waals surface area (Å²) in [6.45, 7) is 0. The van der Waals surface area contributed by atoms with Crippen molar-refractivity contribution in [1.29, 1.82) is 0 Å². The molecule has 0 bridgehead atoms. The summed E-state index contributed by atoms with van der Waals surface area (Å²) >= 11 is 0. The average Bonchev–Trinajstić information content (AvgIpc) is 3.60. The first-order valence-electron chi connectivity index (χ1n) is 9.24. The van der Waals surface area contributed by atoms with E-state index >= 15 is 0 Å². The first kappa shape index (κ1) is 20.0. The smallest absolute Gasteiger partial charge is 0.229 e. The van der Waals surface area contributed by atoms with E-state index in [1.54, 1.807) is 24.3 Å². The average molecular weight is 428 g/mol. The molecule has 1 saturated carbocycles. The molecule has 1 aliphatic rings. The fourth-order valence-electron chi connectivity index (χ4n) is 3.35. The van der Waals surface area contributed by atoms with Crippen LogP contribution in [0, 0.1) is 0 Å². The van der Waals surface area contributed by atoms with Gasteiger partial charge in [-0.1, -0.05) is 12.1 Å². The predicted molar refractivity (Wildman–Crippen MR) is 108 cm³/mol. The molecular formula is C21H20N2O6S. The summed E-state index contributed by atoms with van der Waals surface area (Å²) in [6, 6.07) is 7.99. The van der Waals surface area contributed by atoms with Gasteiger partial charge in [0.25, 0.3) is 0 Å². The molecule has 0 amide bonds. The number of hydrogen-bond acceptors (Lipinski definition) is 7. The maximum atomic E-state index is 13.2. The highest BCUT2D eigenvalue weighted by Crippen LogP contribution is 2.40. The van der Waals surface area contributed by atoms with Crippen LogP contribution in [0.4, 0.5) is 0 Å². The lowest BCUT2D eigenvalue weighted by Gasteiger charge is -2.14. The molecule has 0 radical (unpaired) electrons. The van der Waals surface area contributed by atoms with E-state index in [0.29, 0.717) is 22.1 Å². The van der Waals surface area contributed by atoms with Crippen molar-refractivity contribution in [2.45, 2.75) is 28.7 Å². The second-order valence-electron chi connectivity index (χ2n) is 6.99. The molecule has 0 atom stereocenters. The maximum Gasteiger partial charge on any atom is 0.229 e. The molecule has 156 valence electrons. The maximum absolute atomic E-state index is 13.2. The zero-order valence-corrected chi connectivity index (χ0v) is 17.2. The Morgan fingerprint density at radius 1 is 1.07 bits per heavy atom. The summed E-state index contributed by atoms with van der Waals surface area (Å²) in [5, 5.41) is 9.90. The van der Waals surface area contributed by atoms with Crippen LogP contribution in [0.1, 0.15) is 24.3 Å². The topological polar surface area (TPSA) is 108 Å². The van der Waals surface area contributed by atoms with Crippen molar-refractivity contribution in [3.63, 3.8) is 0 Å². The van der Waals surface area contributed by atoms with Crippen LogP contribution in [0.15, 0.2) is 63.6 Å². The van der Waals surface area contributed by atoms with Crippen molar-refractivity contribution in [3.8, 4) is 22.6 Å². The highest BCUT2D eigenvalue weighted by Gasteiger charge is 2.29. The number of rotatable bonds is 6. The van der Waals surface area contributed by atoms with Gasteiger partial charge in [-0.25, -0.2) is 13.4 Å². The first-order valence-corrected chi connectivity index (χ1v) is 10.7. The van der Waals surface area contributed by atoms with Gasteiger partial charge < -0.3 is 14.7 Å². The normalized spacial score (nSPS) is 13.8. The minimum Gasteiger partial charge on any atom is -0.496 e. The highest BCUT2D eigenvalue weighted by atomic mass is 32.2. The number of aromatic nitrogens is 2. The lowest BCUT2D eigenvalue weighted by molar-refractivity contribution is 0.182. The van der Waals surface area contributed by atoms with Gasteiger partial charge in [-0.15, -0.1) is 0 Å². The molecule has 1 fully saturated rings. The quantitative estimate of drug-likeness (QED) is 0.602. The highest BCUT2D eigenvalue weighted by molar-refractivity contribution is 7.91. The summed E-state index contributed by atoms with van der Waals surface area (Å²) in [5.41, 5.74) is 0.337. The standard InChI is InChI=1S/C21H20N2O6S/c1-28-16-4-3-5-17(29-2)20(16)15-11-23(25)12-18(21(15)24)30(26,27)19-9-8-14(10-22-19)13-6-7-13/h3-5,8-13,25H,6-7H2,1-2H3. The van der Waals surface area contributed by atoms with Crippen LogP contribution in [0.2, 0.25) is 0 Å². The minimum atomic E-state index is -4.27. The molecular weight excluding hydrogens is 408 g/mol. The number of ether oxygens (including phenoxy) is 2. The van der Waals surface area contributed by atoms with E-state index in [-0.39, 0.29) is 16.2 Å². The van der Waals surface area contributed by atoms with Crippen LogP contribution in [-0.2, 0) is 9.84 Å². The van der Waals surface area contributed by atoms with E-state index in [0.717, 1.165) is 30.8 Å². The van der Waals surface area contributed by atoms with E-state index in [2.05, 4.69) is 4.98 Å². The van der Waals surface area contributed by atoms with Gasteiger partial charge in [-0.05, 0) is 42.5 Å². The van der Waals surface area contributed by atoms with Crippen molar-refractivity contribution in [2.75, 3.05) is 14.2 Å². The van der Waals surface area contributed by atoms with Crippen LogP contribution in [-0.4, -0.2) is 37.6 Å². The Kier molecular flexibility index (Phi) is 4.98. The molecule has 1 aromatic carbocycles. The Labute approximate surface area is 173 Å². The van der Waals surface area contributed by atoms with E-state index < -0.39 is 20.2 Å². The van der Waals surface area contributed by atoms with Crippen LogP contribution in [0.3, 0.4) is 0 Å². The van der Waals surface area contributed by atoms with Gasteiger partial charge in [-0.2, -0.15) is 4.73 Å². The summed E-state index contributed by atoms with van der Waals surface area (Å²) in [4.78, 5) is 16.7. The largest absolute Gasteiger partial charge is 0.496 e. The van der Waals surface area contributed by atoms with Crippen molar-refractivity contribution >= 4 is 9.84 Å². The number of nitrogens with zero attached hydrogens (tertiary/aromatic N) is 2. The Bertz CT molecular complexity index is 1240. The summed E-state index contributed by atoms with van der Waals surface area (Å²) < 4.78 is 37.5. The molecule has 4 rings (SSSR count). The molecule has 30 heavy (non-hydrogen) atoms. The van der Waals surface area contributed by atoms with Crippen LogP contribution in [0.5, 0.6) is 11.5 Å². The Hall–Kier alpha value is -3.33. The summed E-state index contributed by atoms with van der Waals surface area (Å²) in [6.07, 6.45) is 5.62. The van der Waals surface area contributed by atoms with Crippen LogP contribution in [0.25, 0.3) is 11.1 Å². The second-order valence-corrected chi connectivity index (χ2v) is 8.86. The zero-order valence-electron chi connectivity index (χ0n) is 16.4. The van der Waals surface area contributed by atoms with E-state index in [9.17, 15) is 18.4 Å². The number of methoxy groups -OCH3 is 2. The van der Waals surface area contributed by atoms with E-state index in [1.165, 1.54) is 26.5 Å². The SMILES string of the molecule is COc1cccc(OC)c1-c1cn(O)cc(S(=O)(=O)c2ccc(C3CC3)cn2)c1=O. The first-order chi connectivity index (χ1) is 14.4. The second kappa shape index (κ2) is 7.49. The van der Waals surface area contributed by atoms with Crippen molar-refractivity contribution in [1.82, 2.24) is 9.71 Å². The monoisotopic (exact) mass is 428 g/mol. The summed E-state index contributed by atoms with van der Waals surface area (Å²) in [5.74, 6) is 1.02. The van der Waals surface area contributed by atoms with E-state index in [4.69, 9.17) is 9.47 Å². The Morgan fingerprint density at radius 3 is 2.27 bits per heavy atom. The lowest BCUT2D eigenvalue weighted by atomic mass is 10.0. The van der Waals surface area contributed by atoms with Crippen molar-refractivity contribution in [3.05, 3.63) is 64.7 Å². The molecule has 0 aliphatic heterocycles. The lowest BCUT2D eigenvalue weighted by Crippen LogP contribution is -2.20. The Morgan fingerprint density at radius 2 is 1.73 bits per heavy atom. The number of pyridine rings is 2. The molecule has 2 aromatic heterocycles. The predicted octanol–water partition coefficient (Wildman–Crippen LogP) is 2.88. The molecule has 9 heteroatoms. The van der Waals surface area contributed by atoms with Gasteiger partial charge in [0, 0.05) is 6.20 Å². The molecule has 8 nitrogen and oxygen atoms in total. The molecule has 0 saturated heterocycles. The van der Waals surface area contributed by atoms with Crippen molar-refractivity contribution < 1.29 is 23.1 Å². The minimum absolute atomic E-state index is 0.0810. The Balaban J connectivity index is 1.89. The van der Waals surface area contributed by atoms with Crippen molar-refractivity contribution in [2.24, 2.45) is 0 Å². The molecule has 0 spiro atoms. The van der Waals surface area contributed by atoms with Gasteiger partial charge >= 0.3 is 0 Å². The molecule has 1 N–H and O–H groups in total. The van der Waals surface area contributed by atoms with Gasteiger partial charge in [-0.3, -0.25) is 4.79 Å². The molecule has 1 aliphatic carbocycles. The van der Waals surface area contributed by atoms with Crippen LogP contribution < -0.4 is 14.9 Å². The van der Waals surface area contributed by atoms with Gasteiger partial charge in [0.15, 0.2) is 5.03 Å². The third-order valence-electron chi connectivity index (χ3n) is 5.05. The van der Waals surface area contributed by atoms with Crippen LogP contribution >= 0.6 is 0 Å². The summed E-state index contributed by atoms with van der Waals surface area (Å²) in [7, 11) is -1.43.